The molecule has 39 heavy (non-hydrogen) atoms. The number of rotatable bonds is 13. The lowest BCUT2D eigenvalue weighted by Gasteiger charge is -2.36. The zero-order valence-electron chi connectivity index (χ0n) is 22.4. The summed E-state index contributed by atoms with van der Waals surface area (Å²) >= 11 is 0. The third-order valence-corrected chi connectivity index (χ3v) is 6.17. The van der Waals surface area contributed by atoms with Gasteiger partial charge in [-0.3, -0.25) is 9.59 Å². The van der Waals surface area contributed by atoms with Crippen molar-refractivity contribution in [3.63, 3.8) is 0 Å². The van der Waals surface area contributed by atoms with Crippen molar-refractivity contribution >= 4 is 23.2 Å². The Morgan fingerprint density at radius 2 is 1.69 bits per heavy atom. The molecule has 206 valence electrons. The number of methoxy groups -OCH3 is 1. The number of carbonyl (C=O) groups excluding carboxylic acids is 2. The van der Waals surface area contributed by atoms with Crippen molar-refractivity contribution in [2.45, 2.75) is 26.0 Å². The first-order valence-corrected chi connectivity index (χ1v) is 13.0. The molecule has 0 radical (unpaired) electrons. The second kappa shape index (κ2) is 14.2. The van der Waals surface area contributed by atoms with Crippen LogP contribution in [-0.2, 0) is 20.9 Å². The van der Waals surface area contributed by atoms with E-state index in [0.717, 1.165) is 29.2 Å². The van der Waals surface area contributed by atoms with Crippen molar-refractivity contribution < 1.29 is 28.5 Å². The van der Waals surface area contributed by atoms with Gasteiger partial charge >= 0.3 is 0 Å². The summed E-state index contributed by atoms with van der Waals surface area (Å²) in [5.74, 6) is 2.08. The Kier molecular flexibility index (Phi) is 10.2. The number of nitrogens with zero attached hydrogens (tertiary/aromatic N) is 1. The number of hydrogen-bond acceptors (Lipinski definition) is 7. The normalized spacial score (nSPS) is 15.1. The van der Waals surface area contributed by atoms with Crippen LogP contribution in [0.5, 0.6) is 17.2 Å². The molecule has 0 bridgehead atoms. The minimum absolute atomic E-state index is 0.0169. The summed E-state index contributed by atoms with van der Waals surface area (Å²) in [4.78, 5) is 25.8. The van der Waals surface area contributed by atoms with Crippen LogP contribution >= 0.6 is 0 Å². The lowest BCUT2D eigenvalue weighted by Crippen LogP contribution is -2.57. The summed E-state index contributed by atoms with van der Waals surface area (Å²) in [6, 6.07) is 22.3. The first-order valence-electron chi connectivity index (χ1n) is 13.0. The van der Waals surface area contributed by atoms with Crippen LogP contribution in [-0.4, -0.2) is 57.9 Å². The maximum atomic E-state index is 12.8. The van der Waals surface area contributed by atoms with Gasteiger partial charge in [-0.15, -0.1) is 0 Å². The molecule has 2 amide bonds. The molecule has 0 saturated carbocycles. The number of nitrogens with one attached hydrogen (secondary N) is 2. The third kappa shape index (κ3) is 8.20. The smallest absolute Gasteiger partial charge is 0.241 e. The predicted molar refractivity (Wildman–Crippen MR) is 150 cm³/mol. The summed E-state index contributed by atoms with van der Waals surface area (Å²) < 4.78 is 22.9. The molecule has 3 aromatic rings. The lowest BCUT2D eigenvalue weighted by molar-refractivity contribution is -0.119. The molecule has 1 saturated heterocycles. The van der Waals surface area contributed by atoms with Crippen molar-refractivity contribution in [3.05, 3.63) is 78.4 Å². The van der Waals surface area contributed by atoms with Gasteiger partial charge in [0, 0.05) is 36.8 Å². The number of anilines is 2. The van der Waals surface area contributed by atoms with Crippen LogP contribution in [0.2, 0.25) is 0 Å². The molecule has 9 nitrogen and oxygen atoms in total. The summed E-state index contributed by atoms with van der Waals surface area (Å²) in [6.07, 6.45) is 0.748. The van der Waals surface area contributed by atoms with Gasteiger partial charge in [-0.05, 0) is 54.6 Å². The van der Waals surface area contributed by atoms with Gasteiger partial charge in [-0.25, -0.2) is 0 Å². The molecule has 1 aliphatic heterocycles. The van der Waals surface area contributed by atoms with Gasteiger partial charge in [0.05, 0.1) is 39.5 Å². The largest absolute Gasteiger partial charge is 0.496 e. The van der Waals surface area contributed by atoms with E-state index in [-0.39, 0.29) is 24.4 Å². The molecule has 4 rings (SSSR count). The highest BCUT2D eigenvalue weighted by atomic mass is 16.5. The highest BCUT2D eigenvalue weighted by molar-refractivity contribution is 5.96. The van der Waals surface area contributed by atoms with Crippen LogP contribution in [0.4, 0.5) is 11.4 Å². The minimum atomic E-state index is -0.173. The van der Waals surface area contributed by atoms with Crippen molar-refractivity contribution in [1.82, 2.24) is 5.32 Å². The number of ether oxygens (including phenoxy) is 4. The molecule has 0 aromatic heterocycles. The standard InChI is InChI=1S/C30H35N3O6/c1-22(34)32-24-8-12-28(13-9-24)39-21-26-18-31-19-30(35)33(26)25-10-14-27(15-11-25)38-17-5-16-37-20-23-6-3-4-7-29(23)36-2/h3-4,6-15,26,31H,5,16-21H2,1-2H3,(H,32,34)/t26-/m1/s1. The fourth-order valence-electron chi connectivity index (χ4n) is 4.30. The molecule has 1 heterocycles. The quantitative estimate of drug-likeness (QED) is 0.320. The van der Waals surface area contributed by atoms with Gasteiger partial charge in [0.2, 0.25) is 11.8 Å². The zero-order chi connectivity index (χ0) is 27.5. The summed E-state index contributed by atoms with van der Waals surface area (Å²) in [5.41, 5.74) is 2.51. The van der Waals surface area contributed by atoms with Crippen LogP contribution in [0.3, 0.4) is 0 Å². The van der Waals surface area contributed by atoms with Gasteiger partial charge < -0.3 is 34.5 Å². The van der Waals surface area contributed by atoms with Crippen molar-refractivity contribution in [2.24, 2.45) is 0 Å². The summed E-state index contributed by atoms with van der Waals surface area (Å²) in [6.45, 7) is 4.26. The van der Waals surface area contributed by atoms with E-state index in [1.54, 1.807) is 36.3 Å². The van der Waals surface area contributed by atoms with Crippen molar-refractivity contribution in [3.8, 4) is 17.2 Å². The molecule has 1 fully saturated rings. The average Bonchev–Trinajstić information content (AvgIpc) is 2.95. The maximum absolute atomic E-state index is 12.8. The van der Waals surface area contributed by atoms with E-state index in [1.165, 1.54) is 6.92 Å². The maximum Gasteiger partial charge on any atom is 0.241 e. The molecule has 2 N–H and O–H groups in total. The zero-order valence-corrected chi connectivity index (χ0v) is 22.4. The van der Waals surface area contributed by atoms with E-state index in [4.69, 9.17) is 18.9 Å². The van der Waals surface area contributed by atoms with Gasteiger partial charge in [0.1, 0.15) is 23.9 Å². The number of hydrogen-bond donors (Lipinski definition) is 2. The summed E-state index contributed by atoms with van der Waals surface area (Å²) in [7, 11) is 1.65. The third-order valence-electron chi connectivity index (χ3n) is 6.17. The number of benzene rings is 3. The fourth-order valence-corrected chi connectivity index (χ4v) is 4.30. The van der Waals surface area contributed by atoms with Crippen LogP contribution in [0.1, 0.15) is 18.9 Å². The lowest BCUT2D eigenvalue weighted by atomic mass is 10.1. The van der Waals surface area contributed by atoms with E-state index in [1.807, 2.05) is 48.5 Å². The Morgan fingerprint density at radius 3 is 2.44 bits per heavy atom. The van der Waals surface area contributed by atoms with Crippen LogP contribution in [0.15, 0.2) is 72.8 Å². The molecule has 9 heteroatoms. The highest BCUT2D eigenvalue weighted by Gasteiger charge is 2.29. The summed E-state index contributed by atoms with van der Waals surface area (Å²) in [5, 5.41) is 5.89. The van der Waals surface area contributed by atoms with E-state index < -0.39 is 0 Å². The molecule has 0 spiro atoms. The Labute approximate surface area is 229 Å². The van der Waals surface area contributed by atoms with Crippen LogP contribution < -0.4 is 29.7 Å². The Morgan fingerprint density at radius 1 is 0.974 bits per heavy atom. The Hall–Kier alpha value is -4.08. The Bertz CT molecular complexity index is 1220. The number of para-hydroxylation sites is 1. The number of carbonyl (C=O) groups is 2. The molecule has 0 aliphatic carbocycles. The van der Waals surface area contributed by atoms with Gasteiger partial charge in [0.15, 0.2) is 0 Å². The highest BCUT2D eigenvalue weighted by Crippen LogP contribution is 2.24. The van der Waals surface area contributed by atoms with Crippen LogP contribution in [0.25, 0.3) is 0 Å². The Balaban J connectivity index is 1.24. The second-order valence-electron chi connectivity index (χ2n) is 9.13. The SMILES string of the molecule is COc1ccccc1COCCCOc1ccc(N2C(=O)CNC[C@@H]2COc2ccc(NC(C)=O)cc2)cc1. The molecule has 0 unspecified atom stereocenters. The predicted octanol–water partition coefficient (Wildman–Crippen LogP) is 4.02. The molecular formula is C30H35N3O6. The fraction of sp³-hybridized carbons (Fsp3) is 0.333. The second-order valence-corrected chi connectivity index (χ2v) is 9.13. The van der Waals surface area contributed by atoms with Gasteiger partial charge in [-0.1, -0.05) is 18.2 Å². The van der Waals surface area contributed by atoms with Crippen molar-refractivity contribution in [1.29, 1.82) is 0 Å². The van der Waals surface area contributed by atoms with Gasteiger partial charge in [0.25, 0.3) is 0 Å². The topological polar surface area (TPSA) is 98.4 Å². The van der Waals surface area contributed by atoms with Gasteiger partial charge in [-0.2, -0.15) is 0 Å². The molecule has 3 aromatic carbocycles. The van der Waals surface area contributed by atoms with E-state index >= 15 is 0 Å². The first-order chi connectivity index (χ1) is 19.0. The van der Waals surface area contributed by atoms with Crippen LogP contribution in [0, 0.1) is 0 Å². The van der Waals surface area contributed by atoms with E-state index in [0.29, 0.717) is 44.4 Å². The average molecular weight is 534 g/mol. The van der Waals surface area contributed by atoms with E-state index in [9.17, 15) is 9.59 Å². The first kappa shape index (κ1) is 27.9. The molecular weight excluding hydrogens is 498 g/mol. The number of amides is 2. The number of piperazine rings is 1. The molecule has 1 atom stereocenters. The van der Waals surface area contributed by atoms with E-state index in [2.05, 4.69) is 10.6 Å². The molecule has 1 aliphatic rings. The monoisotopic (exact) mass is 533 g/mol. The minimum Gasteiger partial charge on any atom is -0.496 e. The van der Waals surface area contributed by atoms with Crippen molar-refractivity contribution in [2.75, 3.05) is 50.2 Å².